The molecule has 0 saturated heterocycles. The van der Waals surface area contributed by atoms with Gasteiger partial charge in [-0.2, -0.15) is 0 Å². The maximum absolute atomic E-state index is 13.8. The molecule has 4 nitrogen and oxygen atoms in total. The van der Waals surface area contributed by atoms with E-state index in [4.69, 9.17) is 4.74 Å². The van der Waals surface area contributed by atoms with Crippen molar-refractivity contribution in [3.63, 3.8) is 0 Å². The summed E-state index contributed by atoms with van der Waals surface area (Å²) in [5, 5.41) is 5.68. The Morgan fingerprint density at radius 1 is 1.33 bits per heavy atom. The number of rotatable bonds is 8. The van der Waals surface area contributed by atoms with Crippen LogP contribution in [0.5, 0.6) is 0 Å². The van der Waals surface area contributed by atoms with Gasteiger partial charge < -0.3 is 15.4 Å². The van der Waals surface area contributed by atoms with Gasteiger partial charge in [0.25, 0.3) is 0 Å². The Morgan fingerprint density at radius 2 is 2.05 bits per heavy atom. The molecule has 1 amide bonds. The first-order valence-electron chi connectivity index (χ1n) is 6.89. The highest BCUT2D eigenvalue weighted by atomic mass is 19.1. The van der Waals surface area contributed by atoms with E-state index in [1.807, 2.05) is 13.8 Å². The zero-order chi connectivity index (χ0) is 15.8. The number of amides is 1. The van der Waals surface area contributed by atoms with Crippen molar-refractivity contribution in [2.24, 2.45) is 5.92 Å². The quantitative estimate of drug-likeness (QED) is 0.722. The molecule has 0 bridgehead atoms. The van der Waals surface area contributed by atoms with Gasteiger partial charge in [0.2, 0.25) is 5.91 Å². The van der Waals surface area contributed by atoms with E-state index in [0.29, 0.717) is 13.2 Å². The third-order valence-corrected chi connectivity index (χ3v) is 3.05. The Kier molecular flexibility index (Phi) is 7.25. The summed E-state index contributed by atoms with van der Waals surface area (Å²) in [5.41, 5.74) is 0.289. The van der Waals surface area contributed by atoms with E-state index in [2.05, 4.69) is 10.6 Å². The molecule has 1 aromatic rings. The first kappa shape index (κ1) is 17.5. The van der Waals surface area contributed by atoms with Gasteiger partial charge in [0.15, 0.2) is 0 Å². The number of methoxy groups -OCH3 is 1. The fraction of sp³-hybridized carbons (Fsp3) is 0.533. The summed E-state index contributed by atoms with van der Waals surface area (Å²) in [6.07, 6.45) is 0. The first-order valence-corrected chi connectivity index (χ1v) is 6.89. The molecule has 1 unspecified atom stereocenters. The van der Waals surface area contributed by atoms with E-state index in [1.54, 1.807) is 7.11 Å². The number of carbonyl (C=O) groups excluding carboxylic acids is 1. The molecule has 0 fully saturated rings. The van der Waals surface area contributed by atoms with Gasteiger partial charge in [0.1, 0.15) is 11.6 Å². The van der Waals surface area contributed by atoms with Crippen molar-refractivity contribution in [2.75, 3.05) is 26.8 Å². The van der Waals surface area contributed by atoms with Crippen molar-refractivity contribution < 1.29 is 18.3 Å². The molecule has 21 heavy (non-hydrogen) atoms. The Bertz CT molecular complexity index is 467. The molecule has 0 aliphatic rings. The number of carbonyl (C=O) groups is 1. The van der Waals surface area contributed by atoms with Crippen LogP contribution in [0.1, 0.15) is 25.5 Å². The van der Waals surface area contributed by atoms with Gasteiger partial charge in [0, 0.05) is 25.3 Å². The molecule has 0 spiro atoms. The van der Waals surface area contributed by atoms with E-state index in [-0.39, 0.29) is 23.9 Å². The van der Waals surface area contributed by atoms with Crippen LogP contribution < -0.4 is 10.6 Å². The van der Waals surface area contributed by atoms with Crippen molar-refractivity contribution >= 4 is 5.91 Å². The maximum atomic E-state index is 13.8. The molecule has 2 N–H and O–H groups in total. The lowest BCUT2D eigenvalue weighted by Crippen LogP contribution is -2.39. The molecular weight excluding hydrogens is 278 g/mol. The van der Waals surface area contributed by atoms with Crippen molar-refractivity contribution in [1.82, 2.24) is 10.6 Å². The summed E-state index contributed by atoms with van der Waals surface area (Å²) in [5.74, 6) is -1.55. The predicted molar refractivity (Wildman–Crippen MR) is 76.8 cm³/mol. The average Bonchev–Trinajstić information content (AvgIpc) is 2.41. The van der Waals surface area contributed by atoms with Gasteiger partial charge in [-0.1, -0.05) is 19.9 Å². The molecule has 1 aromatic carbocycles. The van der Waals surface area contributed by atoms with Crippen LogP contribution in [0.3, 0.4) is 0 Å². The summed E-state index contributed by atoms with van der Waals surface area (Å²) < 4.78 is 31.7. The molecule has 0 heterocycles. The second-order valence-electron chi connectivity index (χ2n) is 5.12. The summed E-state index contributed by atoms with van der Waals surface area (Å²) >= 11 is 0. The van der Waals surface area contributed by atoms with Crippen LogP contribution in [0.15, 0.2) is 18.2 Å². The van der Waals surface area contributed by atoms with Crippen LogP contribution in [0, 0.1) is 17.6 Å². The third-order valence-electron chi connectivity index (χ3n) is 3.05. The number of nitrogens with one attached hydrogen (secondary N) is 2. The smallest absolute Gasteiger partial charge is 0.234 e. The van der Waals surface area contributed by atoms with Gasteiger partial charge >= 0.3 is 0 Å². The summed E-state index contributed by atoms with van der Waals surface area (Å²) in [7, 11) is 1.58. The van der Waals surface area contributed by atoms with Crippen LogP contribution >= 0.6 is 0 Å². The highest BCUT2D eigenvalue weighted by molar-refractivity contribution is 5.78. The van der Waals surface area contributed by atoms with E-state index in [1.165, 1.54) is 12.1 Å². The number of halogens is 2. The molecular formula is C15H22F2N2O2. The molecule has 0 aliphatic carbocycles. The van der Waals surface area contributed by atoms with Crippen LogP contribution in [0.2, 0.25) is 0 Å². The largest absolute Gasteiger partial charge is 0.383 e. The van der Waals surface area contributed by atoms with Gasteiger partial charge in [-0.25, -0.2) is 8.78 Å². The molecule has 6 heteroatoms. The Balaban J connectivity index is 2.67. The van der Waals surface area contributed by atoms with Crippen LogP contribution in [0.25, 0.3) is 0 Å². The van der Waals surface area contributed by atoms with Crippen molar-refractivity contribution in [1.29, 1.82) is 0 Å². The number of hydrogen-bond donors (Lipinski definition) is 2. The number of hydrogen-bond acceptors (Lipinski definition) is 3. The van der Waals surface area contributed by atoms with Gasteiger partial charge in [-0.3, -0.25) is 4.79 Å². The Labute approximate surface area is 123 Å². The topological polar surface area (TPSA) is 50.4 Å². The van der Waals surface area contributed by atoms with Gasteiger partial charge in [0.05, 0.1) is 19.2 Å². The van der Waals surface area contributed by atoms with Crippen LogP contribution in [-0.2, 0) is 9.53 Å². The minimum Gasteiger partial charge on any atom is -0.383 e. The lowest BCUT2D eigenvalue weighted by Gasteiger charge is -2.23. The summed E-state index contributed by atoms with van der Waals surface area (Å²) in [6, 6.07) is 2.89. The minimum atomic E-state index is -0.652. The SMILES string of the molecule is COCCNCC(=O)NC(c1ccc(F)cc1F)C(C)C. The van der Waals surface area contributed by atoms with Crippen LogP contribution in [0.4, 0.5) is 8.78 Å². The molecule has 0 aliphatic heterocycles. The van der Waals surface area contributed by atoms with Gasteiger partial charge in [-0.05, 0) is 12.0 Å². The second kappa shape index (κ2) is 8.69. The van der Waals surface area contributed by atoms with E-state index in [0.717, 1.165) is 6.07 Å². The zero-order valence-corrected chi connectivity index (χ0v) is 12.6. The molecule has 0 saturated carbocycles. The maximum Gasteiger partial charge on any atom is 0.234 e. The van der Waals surface area contributed by atoms with Gasteiger partial charge in [-0.15, -0.1) is 0 Å². The van der Waals surface area contributed by atoms with Crippen molar-refractivity contribution in [3.05, 3.63) is 35.4 Å². The lowest BCUT2D eigenvalue weighted by molar-refractivity contribution is -0.121. The standard InChI is InChI=1S/C15H22F2N2O2/c1-10(2)15(12-5-4-11(16)8-13(12)17)19-14(20)9-18-6-7-21-3/h4-5,8,10,15,18H,6-7,9H2,1-3H3,(H,19,20). The minimum absolute atomic E-state index is 0.0205. The molecule has 1 atom stereocenters. The third kappa shape index (κ3) is 5.77. The highest BCUT2D eigenvalue weighted by Crippen LogP contribution is 2.24. The molecule has 0 radical (unpaired) electrons. The van der Waals surface area contributed by atoms with E-state index >= 15 is 0 Å². The Hall–Kier alpha value is -1.53. The number of benzene rings is 1. The lowest BCUT2D eigenvalue weighted by atomic mass is 9.95. The number of ether oxygens (including phenoxy) is 1. The van der Waals surface area contributed by atoms with Crippen molar-refractivity contribution in [3.8, 4) is 0 Å². The molecule has 118 valence electrons. The monoisotopic (exact) mass is 300 g/mol. The van der Waals surface area contributed by atoms with E-state index < -0.39 is 17.7 Å². The fourth-order valence-electron chi connectivity index (χ4n) is 1.96. The predicted octanol–water partition coefficient (Wildman–Crippen LogP) is 2.01. The zero-order valence-electron chi connectivity index (χ0n) is 12.6. The molecule has 1 rings (SSSR count). The normalized spacial score (nSPS) is 12.5. The van der Waals surface area contributed by atoms with Crippen molar-refractivity contribution in [2.45, 2.75) is 19.9 Å². The summed E-state index contributed by atoms with van der Waals surface area (Å²) in [4.78, 5) is 11.9. The van der Waals surface area contributed by atoms with Crippen LogP contribution in [-0.4, -0.2) is 32.7 Å². The fourth-order valence-corrected chi connectivity index (χ4v) is 1.96. The highest BCUT2D eigenvalue weighted by Gasteiger charge is 2.21. The second-order valence-corrected chi connectivity index (χ2v) is 5.12. The van der Waals surface area contributed by atoms with E-state index in [9.17, 15) is 13.6 Å². The Morgan fingerprint density at radius 3 is 2.62 bits per heavy atom. The summed E-state index contributed by atoms with van der Waals surface area (Å²) in [6.45, 7) is 4.92. The molecule has 0 aromatic heterocycles. The average molecular weight is 300 g/mol. The first-order chi connectivity index (χ1) is 9.95.